The zero-order valence-electron chi connectivity index (χ0n) is 13.3. The molecule has 1 aliphatic rings. The SMILES string of the molecule is Cc1c(Cl)cccc1NC(=O)CNC(=O)CN1CCC[C@H]1C(=O)O. The highest BCUT2D eigenvalue weighted by Gasteiger charge is 2.31. The molecule has 130 valence electrons. The van der Waals surface area contributed by atoms with E-state index in [9.17, 15) is 14.4 Å². The molecule has 2 amide bonds. The normalized spacial score (nSPS) is 17.5. The summed E-state index contributed by atoms with van der Waals surface area (Å²) in [6.07, 6.45) is 1.29. The van der Waals surface area contributed by atoms with Crippen LogP contribution >= 0.6 is 11.6 Å². The number of aliphatic carboxylic acids is 1. The number of carbonyl (C=O) groups is 3. The van der Waals surface area contributed by atoms with E-state index in [-0.39, 0.29) is 24.9 Å². The van der Waals surface area contributed by atoms with Gasteiger partial charge in [-0.1, -0.05) is 17.7 Å². The fourth-order valence-electron chi connectivity index (χ4n) is 2.65. The Morgan fingerprint density at radius 1 is 1.33 bits per heavy atom. The van der Waals surface area contributed by atoms with Crippen molar-refractivity contribution in [3.8, 4) is 0 Å². The monoisotopic (exact) mass is 353 g/mol. The van der Waals surface area contributed by atoms with Gasteiger partial charge in [0.15, 0.2) is 0 Å². The first-order valence-corrected chi connectivity index (χ1v) is 8.05. The molecule has 1 fully saturated rings. The second-order valence-corrected chi connectivity index (χ2v) is 6.11. The highest BCUT2D eigenvalue weighted by molar-refractivity contribution is 6.31. The van der Waals surface area contributed by atoms with Crippen molar-refractivity contribution in [2.45, 2.75) is 25.8 Å². The number of carbonyl (C=O) groups excluding carboxylic acids is 2. The maximum Gasteiger partial charge on any atom is 0.320 e. The van der Waals surface area contributed by atoms with Crippen molar-refractivity contribution in [3.63, 3.8) is 0 Å². The lowest BCUT2D eigenvalue weighted by Crippen LogP contribution is -2.44. The fraction of sp³-hybridized carbons (Fsp3) is 0.438. The van der Waals surface area contributed by atoms with Crippen LogP contribution in [-0.4, -0.2) is 53.5 Å². The third-order valence-corrected chi connectivity index (χ3v) is 4.39. The molecule has 1 aromatic carbocycles. The predicted molar refractivity (Wildman–Crippen MR) is 90.1 cm³/mol. The Morgan fingerprint density at radius 3 is 2.79 bits per heavy atom. The van der Waals surface area contributed by atoms with Crippen LogP contribution < -0.4 is 10.6 Å². The van der Waals surface area contributed by atoms with Crippen LogP contribution in [0.15, 0.2) is 18.2 Å². The van der Waals surface area contributed by atoms with E-state index in [4.69, 9.17) is 16.7 Å². The molecule has 1 heterocycles. The van der Waals surface area contributed by atoms with Crippen molar-refractivity contribution in [2.24, 2.45) is 0 Å². The van der Waals surface area contributed by atoms with Gasteiger partial charge in [0, 0.05) is 10.7 Å². The number of halogens is 1. The van der Waals surface area contributed by atoms with Crippen LogP contribution in [0.4, 0.5) is 5.69 Å². The standard InChI is InChI=1S/C16H20ClN3O4/c1-10-11(17)4-2-5-12(10)19-14(21)8-18-15(22)9-20-7-3-6-13(20)16(23)24/h2,4-5,13H,3,6-9H2,1H3,(H,18,22)(H,19,21)(H,23,24)/t13-/m0/s1. The van der Waals surface area contributed by atoms with Crippen molar-refractivity contribution < 1.29 is 19.5 Å². The molecule has 0 radical (unpaired) electrons. The fourth-order valence-corrected chi connectivity index (χ4v) is 2.83. The minimum Gasteiger partial charge on any atom is -0.480 e. The van der Waals surface area contributed by atoms with E-state index in [1.807, 2.05) is 0 Å². The highest BCUT2D eigenvalue weighted by Crippen LogP contribution is 2.22. The van der Waals surface area contributed by atoms with Crippen molar-refractivity contribution in [3.05, 3.63) is 28.8 Å². The molecule has 3 N–H and O–H groups in total. The molecule has 1 atom stereocenters. The van der Waals surface area contributed by atoms with E-state index in [1.54, 1.807) is 30.0 Å². The van der Waals surface area contributed by atoms with Gasteiger partial charge in [0.1, 0.15) is 6.04 Å². The van der Waals surface area contributed by atoms with Crippen molar-refractivity contribution in [2.75, 3.05) is 25.0 Å². The molecular formula is C16H20ClN3O4. The quantitative estimate of drug-likeness (QED) is 0.715. The minimum absolute atomic E-state index is 0.0273. The maximum absolute atomic E-state index is 11.9. The Balaban J connectivity index is 1.80. The maximum atomic E-state index is 11.9. The Bertz CT molecular complexity index is 650. The highest BCUT2D eigenvalue weighted by atomic mass is 35.5. The lowest BCUT2D eigenvalue weighted by molar-refractivity contribution is -0.142. The lowest BCUT2D eigenvalue weighted by Gasteiger charge is -2.20. The molecule has 0 aromatic heterocycles. The number of carboxylic acid groups (broad SMARTS) is 1. The number of rotatable bonds is 6. The van der Waals surface area contributed by atoms with Gasteiger partial charge in [0.2, 0.25) is 11.8 Å². The van der Waals surface area contributed by atoms with Crippen LogP contribution in [0.3, 0.4) is 0 Å². The van der Waals surface area contributed by atoms with E-state index >= 15 is 0 Å². The summed E-state index contributed by atoms with van der Waals surface area (Å²) < 4.78 is 0. The average molecular weight is 354 g/mol. The number of likely N-dealkylation sites (tertiary alicyclic amines) is 1. The van der Waals surface area contributed by atoms with Gasteiger partial charge in [-0.2, -0.15) is 0 Å². The van der Waals surface area contributed by atoms with Crippen molar-refractivity contribution in [1.82, 2.24) is 10.2 Å². The summed E-state index contributed by atoms with van der Waals surface area (Å²) in [4.78, 5) is 36.5. The number of carboxylic acids is 1. The van der Waals surface area contributed by atoms with Gasteiger partial charge in [-0.25, -0.2) is 0 Å². The summed E-state index contributed by atoms with van der Waals surface area (Å²) >= 11 is 5.98. The summed E-state index contributed by atoms with van der Waals surface area (Å²) in [7, 11) is 0. The summed E-state index contributed by atoms with van der Waals surface area (Å²) in [6, 6.07) is 4.55. The van der Waals surface area contributed by atoms with E-state index in [2.05, 4.69) is 10.6 Å². The smallest absolute Gasteiger partial charge is 0.320 e. The number of amides is 2. The van der Waals surface area contributed by atoms with E-state index < -0.39 is 12.0 Å². The van der Waals surface area contributed by atoms with Crippen molar-refractivity contribution in [1.29, 1.82) is 0 Å². The molecule has 24 heavy (non-hydrogen) atoms. The third kappa shape index (κ3) is 4.69. The second-order valence-electron chi connectivity index (χ2n) is 5.70. The third-order valence-electron chi connectivity index (χ3n) is 3.98. The number of benzene rings is 1. The molecule has 0 unspecified atom stereocenters. The summed E-state index contributed by atoms with van der Waals surface area (Å²) in [5.74, 6) is -1.67. The first-order chi connectivity index (χ1) is 11.4. The summed E-state index contributed by atoms with van der Waals surface area (Å²) in [5.41, 5.74) is 1.34. The Hall–Kier alpha value is -2.12. The van der Waals surface area contributed by atoms with Crippen LogP contribution in [0.5, 0.6) is 0 Å². The van der Waals surface area contributed by atoms with Gasteiger partial charge < -0.3 is 15.7 Å². The van der Waals surface area contributed by atoms with Crippen LogP contribution in [0.2, 0.25) is 5.02 Å². The number of nitrogens with zero attached hydrogens (tertiary/aromatic N) is 1. The van der Waals surface area contributed by atoms with Crippen LogP contribution in [0.25, 0.3) is 0 Å². The van der Waals surface area contributed by atoms with Crippen LogP contribution in [-0.2, 0) is 14.4 Å². The molecule has 0 aliphatic carbocycles. The van der Waals surface area contributed by atoms with Gasteiger partial charge in [-0.15, -0.1) is 0 Å². The Morgan fingerprint density at radius 2 is 2.08 bits per heavy atom. The summed E-state index contributed by atoms with van der Waals surface area (Å²) in [5, 5.41) is 14.8. The molecule has 0 spiro atoms. The van der Waals surface area contributed by atoms with Gasteiger partial charge in [0.05, 0.1) is 13.1 Å². The Labute approximate surface area is 145 Å². The van der Waals surface area contributed by atoms with Gasteiger partial charge in [0.25, 0.3) is 0 Å². The molecule has 0 bridgehead atoms. The van der Waals surface area contributed by atoms with E-state index in [0.717, 1.165) is 12.0 Å². The van der Waals surface area contributed by atoms with Crippen LogP contribution in [0.1, 0.15) is 18.4 Å². The summed E-state index contributed by atoms with van der Waals surface area (Å²) in [6.45, 7) is 2.14. The first kappa shape index (κ1) is 18.2. The number of nitrogens with one attached hydrogen (secondary N) is 2. The molecule has 7 nitrogen and oxygen atoms in total. The van der Waals surface area contributed by atoms with E-state index in [1.165, 1.54) is 0 Å². The predicted octanol–water partition coefficient (Wildman–Crippen LogP) is 1.25. The topological polar surface area (TPSA) is 98.7 Å². The van der Waals surface area contributed by atoms with Gasteiger partial charge in [-0.05, 0) is 44.0 Å². The zero-order valence-corrected chi connectivity index (χ0v) is 14.1. The second kappa shape index (κ2) is 8.12. The molecule has 2 rings (SSSR count). The van der Waals surface area contributed by atoms with Gasteiger partial charge in [-0.3, -0.25) is 19.3 Å². The lowest BCUT2D eigenvalue weighted by atomic mass is 10.2. The molecule has 1 aliphatic heterocycles. The molecule has 1 saturated heterocycles. The molecule has 1 aromatic rings. The van der Waals surface area contributed by atoms with E-state index in [0.29, 0.717) is 23.7 Å². The molecule has 0 saturated carbocycles. The van der Waals surface area contributed by atoms with Crippen molar-refractivity contribution >= 4 is 35.1 Å². The molecular weight excluding hydrogens is 334 g/mol. The van der Waals surface area contributed by atoms with Gasteiger partial charge >= 0.3 is 5.97 Å². The molecule has 8 heteroatoms. The number of hydrogen-bond acceptors (Lipinski definition) is 4. The van der Waals surface area contributed by atoms with Crippen LogP contribution in [0, 0.1) is 6.92 Å². The Kier molecular flexibility index (Phi) is 6.16. The zero-order chi connectivity index (χ0) is 17.7. The number of hydrogen-bond donors (Lipinski definition) is 3. The average Bonchev–Trinajstić information content (AvgIpc) is 2.98. The first-order valence-electron chi connectivity index (χ1n) is 7.67. The number of anilines is 1. The minimum atomic E-state index is -0.922. The largest absolute Gasteiger partial charge is 0.480 e.